The van der Waals surface area contributed by atoms with Crippen molar-refractivity contribution < 1.29 is 4.74 Å². The summed E-state index contributed by atoms with van der Waals surface area (Å²) in [5.41, 5.74) is 8.37. The number of methoxy groups -OCH3 is 1. The second-order valence-corrected chi connectivity index (χ2v) is 4.40. The molecule has 0 unspecified atom stereocenters. The van der Waals surface area contributed by atoms with Gasteiger partial charge in [0.25, 0.3) is 0 Å². The zero-order valence-electron chi connectivity index (χ0n) is 11.2. The molecule has 0 spiro atoms. The third kappa shape index (κ3) is 2.21. The van der Waals surface area contributed by atoms with E-state index in [0.29, 0.717) is 6.61 Å². The molecule has 0 radical (unpaired) electrons. The van der Waals surface area contributed by atoms with E-state index in [0.717, 1.165) is 28.8 Å². The molecular weight excluding hydrogens is 254 g/mol. The molecule has 0 saturated carbocycles. The molecule has 6 heteroatoms. The molecule has 0 aliphatic carbocycles. The van der Waals surface area contributed by atoms with Gasteiger partial charge in [-0.15, -0.1) is 0 Å². The van der Waals surface area contributed by atoms with Gasteiger partial charge in [-0.1, -0.05) is 0 Å². The van der Waals surface area contributed by atoms with Crippen molar-refractivity contribution >= 4 is 17.0 Å². The summed E-state index contributed by atoms with van der Waals surface area (Å²) in [6.45, 7) is 1.37. The summed E-state index contributed by atoms with van der Waals surface area (Å²) in [5.74, 6) is 0.268. The van der Waals surface area contributed by atoms with E-state index in [9.17, 15) is 0 Å². The molecule has 0 fully saturated rings. The Morgan fingerprint density at radius 2 is 2.15 bits per heavy atom. The molecule has 3 rings (SSSR count). The van der Waals surface area contributed by atoms with Crippen LogP contribution in [0.3, 0.4) is 0 Å². The van der Waals surface area contributed by atoms with E-state index in [1.165, 1.54) is 0 Å². The number of ether oxygens (including phenoxy) is 1. The second-order valence-electron chi connectivity index (χ2n) is 4.40. The van der Waals surface area contributed by atoms with Crippen molar-refractivity contribution in [2.45, 2.75) is 6.54 Å². The fourth-order valence-corrected chi connectivity index (χ4v) is 2.21. The number of anilines is 1. The van der Waals surface area contributed by atoms with E-state index >= 15 is 0 Å². The van der Waals surface area contributed by atoms with E-state index in [1.54, 1.807) is 19.5 Å². The van der Waals surface area contributed by atoms with Gasteiger partial charge in [0.05, 0.1) is 12.3 Å². The van der Waals surface area contributed by atoms with Gasteiger partial charge >= 0.3 is 0 Å². The Balaban J connectivity index is 2.15. The highest BCUT2D eigenvalue weighted by Gasteiger charge is 2.12. The molecule has 0 bridgehead atoms. The van der Waals surface area contributed by atoms with Crippen molar-refractivity contribution in [3.63, 3.8) is 0 Å². The Hall–Kier alpha value is -2.47. The maximum absolute atomic E-state index is 5.66. The highest BCUT2D eigenvalue weighted by molar-refractivity contribution is 5.93. The van der Waals surface area contributed by atoms with Gasteiger partial charge in [0, 0.05) is 43.2 Å². The SMILES string of the molecule is COCCn1cc(-c2ccnc(N)n2)c2cccnc21. The third-order valence-corrected chi connectivity index (χ3v) is 3.12. The predicted molar refractivity (Wildman–Crippen MR) is 77.0 cm³/mol. The third-order valence-electron chi connectivity index (χ3n) is 3.12. The number of fused-ring (bicyclic) bond motifs is 1. The van der Waals surface area contributed by atoms with Crippen molar-refractivity contribution in [1.29, 1.82) is 0 Å². The van der Waals surface area contributed by atoms with Gasteiger partial charge in [-0.2, -0.15) is 0 Å². The lowest BCUT2D eigenvalue weighted by Gasteiger charge is -2.02. The first kappa shape index (κ1) is 12.6. The van der Waals surface area contributed by atoms with Crippen molar-refractivity contribution in [1.82, 2.24) is 19.5 Å². The molecule has 0 aliphatic rings. The Kier molecular flexibility index (Phi) is 3.30. The lowest BCUT2D eigenvalue weighted by atomic mass is 10.1. The minimum atomic E-state index is 0.268. The van der Waals surface area contributed by atoms with Crippen LogP contribution in [0.4, 0.5) is 5.95 Å². The Bertz CT molecular complexity index is 737. The molecule has 102 valence electrons. The number of nitrogens with two attached hydrogens (primary N) is 1. The molecule has 6 nitrogen and oxygen atoms in total. The normalized spacial score (nSPS) is 11.1. The first-order valence-electron chi connectivity index (χ1n) is 6.31. The van der Waals surface area contributed by atoms with Crippen LogP contribution in [0.5, 0.6) is 0 Å². The molecule has 3 heterocycles. The first-order chi connectivity index (χ1) is 9.79. The van der Waals surface area contributed by atoms with Crippen LogP contribution in [0, 0.1) is 0 Å². The molecule has 0 atom stereocenters. The summed E-state index contributed by atoms with van der Waals surface area (Å²) < 4.78 is 7.20. The van der Waals surface area contributed by atoms with Crippen molar-refractivity contribution in [3.05, 3.63) is 36.8 Å². The standard InChI is InChI=1S/C14H15N5O/c1-20-8-7-19-9-11(10-3-2-5-16-13(10)19)12-4-6-17-14(15)18-12/h2-6,9H,7-8H2,1H3,(H2,15,17,18). The van der Waals surface area contributed by atoms with Crippen LogP contribution in [-0.4, -0.2) is 33.2 Å². The predicted octanol–water partition coefficient (Wildman–Crippen LogP) is 1.72. The molecule has 0 saturated heterocycles. The number of nitrogen functional groups attached to an aromatic ring is 1. The molecule has 0 amide bonds. The quantitative estimate of drug-likeness (QED) is 0.780. The molecule has 3 aromatic heterocycles. The summed E-state index contributed by atoms with van der Waals surface area (Å²) in [7, 11) is 1.69. The van der Waals surface area contributed by atoms with Gasteiger partial charge in [0.15, 0.2) is 0 Å². The van der Waals surface area contributed by atoms with Crippen LogP contribution in [0.15, 0.2) is 36.8 Å². The lowest BCUT2D eigenvalue weighted by molar-refractivity contribution is 0.188. The summed E-state index contributed by atoms with van der Waals surface area (Å²) in [4.78, 5) is 12.6. The van der Waals surface area contributed by atoms with Crippen molar-refractivity contribution in [3.8, 4) is 11.3 Å². The number of nitrogens with zero attached hydrogens (tertiary/aromatic N) is 4. The number of pyridine rings is 1. The van der Waals surface area contributed by atoms with E-state index in [2.05, 4.69) is 19.5 Å². The van der Waals surface area contributed by atoms with E-state index in [-0.39, 0.29) is 5.95 Å². The minimum Gasteiger partial charge on any atom is -0.383 e. The average Bonchev–Trinajstić information content (AvgIpc) is 2.84. The maximum atomic E-state index is 5.66. The highest BCUT2D eigenvalue weighted by Crippen LogP contribution is 2.28. The van der Waals surface area contributed by atoms with Crippen LogP contribution >= 0.6 is 0 Å². The summed E-state index contributed by atoms with van der Waals surface area (Å²) in [6.07, 6.45) is 5.47. The minimum absolute atomic E-state index is 0.268. The molecule has 3 aromatic rings. The Morgan fingerprint density at radius 3 is 2.95 bits per heavy atom. The van der Waals surface area contributed by atoms with Crippen LogP contribution < -0.4 is 5.73 Å². The highest BCUT2D eigenvalue weighted by atomic mass is 16.5. The number of rotatable bonds is 4. The molecule has 0 aromatic carbocycles. The fraction of sp³-hybridized carbons (Fsp3) is 0.214. The topological polar surface area (TPSA) is 78.9 Å². The Labute approximate surface area is 116 Å². The van der Waals surface area contributed by atoms with E-state index < -0.39 is 0 Å². The van der Waals surface area contributed by atoms with Crippen LogP contribution in [0.1, 0.15) is 0 Å². The smallest absolute Gasteiger partial charge is 0.220 e. The fourth-order valence-electron chi connectivity index (χ4n) is 2.21. The van der Waals surface area contributed by atoms with E-state index in [4.69, 9.17) is 10.5 Å². The maximum Gasteiger partial charge on any atom is 0.220 e. The first-order valence-corrected chi connectivity index (χ1v) is 6.31. The van der Waals surface area contributed by atoms with Crippen LogP contribution in [-0.2, 0) is 11.3 Å². The average molecular weight is 269 g/mol. The number of hydrogen-bond acceptors (Lipinski definition) is 5. The molecule has 20 heavy (non-hydrogen) atoms. The zero-order chi connectivity index (χ0) is 13.9. The summed E-state index contributed by atoms with van der Waals surface area (Å²) in [5, 5.41) is 1.04. The van der Waals surface area contributed by atoms with Crippen molar-refractivity contribution in [2.75, 3.05) is 19.5 Å². The van der Waals surface area contributed by atoms with Gasteiger partial charge in [-0.3, -0.25) is 0 Å². The van der Waals surface area contributed by atoms with Crippen LogP contribution in [0.2, 0.25) is 0 Å². The Morgan fingerprint density at radius 1 is 1.25 bits per heavy atom. The van der Waals surface area contributed by atoms with Gasteiger partial charge in [-0.25, -0.2) is 15.0 Å². The van der Waals surface area contributed by atoms with E-state index in [1.807, 2.05) is 24.4 Å². The van der Waals surface area contributed by atoms with Crippen molar-refractivity contribution in [2.24, 2.45) is 0 Å². The van der Waals surface area contributed by atoms with Crippen LogP contribution in [0.25, 0.3) is 22.3 Å². The number of aromatic nitrogens is 4. The molecular formula is C14H15N5O. The second kappa shape index (κ2) is 5.26. The monoisotopic (exact) mass is 269 g/mol. The zero-order valence-corrected chi connectivity index (χ0v) is 11.2. The largest absolute Gasteiger partial charge is 0.383 e. The summed E-state index contributed by atoms with van der Waals surface area (Å²) >= 11 is 0. The molecule has 0 aliphatic heterocycles. The van der Waals surface area contributed by atoms with Gasteiger partial charge < -0.3 is 15.0 Å². The van der Waals surface area contributed by atoms with Gasteiger partial charge in [0.1, 0.15) is 5.65 Å². The number of hydrogen-bond donors (Lipinski definition) is 1. The molecule has 2 N–H and O–H groups in total. The lowest BCUT2D eigenvalue weighted by Crippen LogP contribution is -2.03. The van der Waals surface area contributed by atoms with Gasteiger partial charge in [0.2, 0.25) is 5.95 Å². The van der Waals surface area contributed by atoms with Gasteiger partial charge in [-0.05, 0) is 18.2 Å². The summed E-state index contributed by atoms with van der Waals surface area (Å²) in [6, 6.07) is 5.79.